The molecule has 0 aromatic heterocycles. The average Bonchev–Trinajstić information content (AvgIpc) is 2.96. The van der Waals surface area contributed by atoms with Gasteiger partial charge in [0, 0.05) is 18.5 Å². The summed E-state index contributed by atoms with van der Waals surface area (Å²) in [7, 11) is 0. The predicted molar refractivity (Wildman–Crippen MR) is 88.7 cm³/mol. The zero-order chi connectivity index (χ0) is 15.1. The molecule has 2 aromatic rings. The van der Waals surface area contributed by atoms with Gasteiger partial charge >= 0.3 is 0 Å². The van der Waals surface area contributed by atoms with E-state index in [1.54, 1.807) is 0 Å². The minimum Gasteiger partial charge on any atom is -0.290 e. The average molecular weight is 293 g/mol. The molecule has 0 spiro atoms. The van der Waals surface area contributed by atoms with Crippen LogP contribution in [0.5, 0.6) is 0 Å². The zero-order valence-electron chi connectivity index (χ0n) is 13.3. The summed E-state index contributed by atoms with van der Waals surface area (Å²) in [6.45, 7) is 5.39. The molecule has 2 nitrogen and oxygen atoms in total. The monoisotopic (exact) mass is 293 g/mol. The third kappa shape index (κ3) is 2.27. The lowest BCUT2D eigenvalue weighted by Gasteiger charge is -2.25. The molecular formula is C20H23NO. The van der Waals surface area contributed by atoms with E-state index in [2.05, 4.69) is 67.4 Å². The van der Waals surface area contributed by atoms with Crippen LogP contribution in [0.1, 0.15) is 48.1 Å². The number of benzene rings is 2. The Hall–Kier alpha value is -1.64. The molecule has 1 aliphatic carbocycles. The molecule has 0 N–H and O–H groups in total. The van der Waals surface area contributed by atoms with Gasteiger partial charge in [-0.1, -0.05) is 48.5 Å². The molecule has 2 heteroatoms. The van der Waals surface area contributed by atoms with Crippen molar-refractivity contribution in [1.82, 2.24) is 5.06 Å². The van der Waals surface area contributed by atoms with Crippen molar-refractivity contribution >= 4 is 0 Å². The second-order valence-electron chi connectivity index (χ2n) is 6.72. The first kappa shape index (κ1) is 14.0. The quantitative estimate of drug-likeness (QED) is 0.778. The molecule has 1 aliphatic heterocycles. The zero-order valence-corrected chi connectivity index (χ0v) is 13.3. The number of rotatable bonds is 1. The summed E-state index contributed by atoms with van der Waals surface area (Å²) in [4.78, 5) is 6.38. The van der Waals surface area contributed by atoms with E-state index in [4.69, 9.17) is 4.84 Å². The van der Waals surface area contributed by atoms with E-state index < -0.39 is 0 Å². The van der Waals surface area contributed by atoms with E-state index in [0.29, 0.717) is 12.0 Å². The molecule has 2 aliphatic rings. The van der Waals surface area contributed by atoms with Crippen molar-refractivity contribution in [2.45, 2.75) is 44.8 Å². The summed E-state index contributed by atoms with van der Waals surface area (Å²) >= 11 is 0. The molecule has 1 heterocycles. The summed E-state index contributed by atoms with van der Waals surface area (Å²) in [6.07, 6.45) is 2.37. The molecule has 2 aromatic carbocycles. The van der Waals surface area contributed by atoms with Gasteiger partial charge < -0.3 is 0 Å². The fourth-order valence-electron chi connectivity index (χ4n) is 3.85. The Morgan fingerprint density at radius 2 is 1.50 bits per heavy atom. The van der Waals surface area contributed by atoms with E-state index in [1.165, 1.54) is 22.3 Å². The van der Waals surface area contributed by atoms with Crippen molar-refractivity contribution in [3.05, 3.63) is 70.8 Å². The van der Waals surface area contributed by atoms with Gasteiger partial charge in [0.1, 0.15) is 6.10 Å². The molecule has 1 saturated heterocycles. The maximum Gasteiger partial charge on any atom is 0.113 e. The van der Waals surface area contributed by atoms with Crippen molar-refractivity contribution in [1.29, 1.82) is 0 Å². The van der Waals surface area contributed by atoms with E-state index >= 15 is 0 Å². The minimum atomic E-state index is 0.153. The SMILES string of the molecule is CC(C)N1CC2c3ccccc3CCc3ccccc3C2O1. The van der Waals surface area contributed by atoms with Crippen LogP contribution in [-0.2, 0) is 17.7 Å². The van der Waals surface area contributed by atoms with Crippen molar-refractivity contribution in [3.63, 3.8) is 0 Å². The fourth-order valence-corrected chi connectivity index (χ4v) is 3.85. The smallest absolute Gasteiger partial charge is 0.113 e. The predicted octanol–water partition coefficient (Wildman–Crippen LogP) is 4.27. The molecule has 0 amide bonds. The molecule has 0 bridgehead atoms. The summed E-state index contributed by atoms with van der Waals surface area (Å²) in [6, 6.07) is 18.1. The molecule has 1 fully saturated rings. The van der Waals surface area contributed by atoms with Crippen molar-refractivity contribution < 1.29 is 4.84 Å². The van der Waals surface area contributed by atoms with Crippen LogP contribution in [0.4, 0.5) is 0 Å². The van der Waals surface area contributed by atoms with Gasteiger partial charge in [-0.2, -0.15) is 5.06 Å². The van der Waals surface area contributed by atoms with Crippen molar-refractivity contribution in [2.24, 2.45) is 0 Å². The van der Waals surface area contributed by atoms with Crippen LogP contribution in [0, 0.1) is 0 Å². The summed E-state index contributed by atoms with van der Waals surface area (Å²) in [5.41, 5.74) is 5.79. The topological polar surface area (TPSA) is 12.5 Å². The Balaban J connectivity index is 1.83. The van der Waals surface area contributed by atoms with Crippen LogP contribution in [0.3, 0.4) is 0 Å². The molecule has 114 valence electrons. The minimum absolute atomic E-state index is 0.153. The maximum absolute atomic E-state index is 6.38. The normalized spacial score (nSPS) is 24.3. The highest BCUT2D eigenvalue weighted by molar-refractivity contribution is 5.40. The fraction of sp³-hybridized carbons (Fsp3) is 0.400. The second kappa shape index (κ2) is 5.53. The molecule has 0 radical (unpaired) electrons. The Bertz CT molecular complexity index is 623. The van der Waals surface area contributed by atoms with Gasteiger partial charge in [0.05, 0.1) is 0 Å². The van der Waals surface area contributed by atoms with Gasteiger partial charge in [-0.05, 0) is 48.9 Å². The maximum atomic E-state index is 6.38. The number of aryl methyl sites for hydroxylation is 2. The Morgan fingerprint density at radius 3 is 2.18 bits per heavy atom. The lowest BCUT2D eigenvalue weighted by molar-refractivity contribution is -0.167. The standard InChI is InChI=1S/C20H23NO/c1-14(2)21-13-19-17-9-5-3-7-15(17)11-12-16-8-4-6-10-18(16)20(19)22-21/h3-10,14,19-20H,11-13H2,1-2H3. The van der Waals surface area contributed by atoms with E-state index in [-0.39, 0.29) is 6.10 Å². The molecule has 4 rings (SSSR count). The first-order valence-corrected chi connectivity index (χ1v) is 8.33. The van der Waals surface area contributed by atoms with Gasteiger partial charge in [-0.3, -0.25) is 4.84 Å². The highest BCUT2D eigenvalue weighted by Gasteiger charge is 2.39. The summed E-state index contributed by atoms with van der Waals surface area (Å²) in [5, 5.41) is 2.16. The molecular weight excluding hydrogens is 270 g/mol. The Morgan fingerprint density at radius 1 is 0.909 bits per heavy atom. The molecule has 0 saturated carbocycles. The lowest BCUT2D eigenvalue weighted by Crippen LogP contribution is -2.26. The lowest BCUT2D eigenvalue weighted by atomic mass is 9.81. The van der Waals surface area contributed by atoms with Crippen LogP contribution in [-0.4, -0.2) is 17.6 Å². The van der Waals surface area contributed by atoms with Gasteiger partial charge in [-0.15, -0.1) is 0 Å². The molecule has 22 heavy (non-hydrogen) atoms. The Labute approximate surface area is 132 Å². The molecule has 2 unspecified atom stereocenters. The van der Waals surface area contributed by atoms with Crippen molar-refractivity contribution in [2.75, 3.05) is 6.54 Å². The van der Waals surface area contributed by atoms with E-state index in [0.717, 1.165) is 19.4 Å². The van der Waals surface area contributed by atoms with Crippen LogP contribution < -0.4 is 0 Å². The number of hydroxylamine groups is 2. The molecule has 2 atom stereocenters. The largest absolute Gasteiger partial charge is 0.290 e. The van der Waals surface area contributed by atoms with Gasteiger partial charge in [0.25, 0.3) is 0 Å². The highest BCUT2D eigenvalue weighted by Crippen LogP contribution is 2.45. The van der Waals surface area contributed by atoms with E-state index in [9.17, 15) is 0 Å². The Kier molecular flexibility index (Phi) is 3.51. The third-order valence-corrected chi connectivity index (χ3v) is 5.05. The number of hydrogen-bond donors (Lipinski definition) is 0. The third-order valence-electron chi connectivity index (χ3n) is 5.05. The highest BCUT2D eigenvalue weighted by atomic mass is 16.7. The summed E-state index contributed by atoms with van der Waals surface area (Å²) < 4.78 is 0. The van der Waals surface area contributed by atoms with Crippen LogP contribution in [0.25, 0.3) is 0 Å². The second-order valence-corrected chi connectivity index (χ2v) is 6.72. The van der Waals surface area contributed by atoms with E-state index in [1.807, 2.05) is 0 Å². The van der Waals surface area contributed by atoms with Crippen LogP contribution >= 0.6 is 0 Å². The number of nitrogens with zero attached hydrogens (tertiary/aromatic N) is 1. The number of fused-ring (bicyclic) bond motifs is 5. The first-order valence-electron chi connectivity index (χ1n) is 8.33. The van der Waals surface area contributed by atoms with Gasteiger partial charge in [-0.25, -0.2) is 0 Å². The van der Waals surface area contributed by atoms with Crippen LogP contribution in [0.2, 0.25) is 0 Å². The van der Waals surface area contributed by atoms with Gasteiger partial charge in [0.15, 0.2) is 0 Å². The first-order chi connectivity index (χ1) is 10.7. The van der Waals surface area contributed by atoms with Crippen LogP contribution in [0.15, 0.2) is 48.5 Å². The van der Waals surface area contributed by atoms with Crippen molar-refractivity contribution in [3.8, 4) is 0 Å². The number of hydrogen-bond acceptors (Lipinski definition) is 2. The summed E-state index contributed by atoms with van der Waals surface area (Å²) in [5.74, 6) is 0.431. The van der Waals surface area contributed by atoms with Gasteiger partial charge in [0.2, 0.25) is 0 Å².